The standard InChI is InChI=1S/C22H21Cl2F3N2O2/c1-3-4-7-28-20(30)18-6-5-14(8-13(18)2)19-12-21(31-29-19,22(25,26)27)15-9-16(23)11-17(24)10-15/h5-6,8-12,29H,3-4,7H2,1-2H3,(H,28,30). The minimum absolute atomic E-state index is 0.0610. The number of aryl methyl sites for hydroxylation is 1. The van der Waals surface area contributed by atoms with E-state index in [1.165, 1.54) is 6.07 Å². The molecule has 2 aromatic carbocycles. The maximum atomic E-state index is 14.1. The van der Waals surface area contributed by atoms with E-state index in [1.807, 2.05) is 6.92 Å². The van der Waals surface area contributed by atoms with Crippen molar-refractivity contribution in [1.29, 1.82) is 0 Å². The fourth-order valence-corrected chi connectivity index (χ4v) is 3.84. The Hall–Kier alpha value is -2.22. The van der Waals surface area contributed by atoms with Gasteiger partial charge in [0.15, 0.2) is 0 Å². The van der Waals surface area contributed by atoms with E-state index in [9.17, 15) is 18.0 Å². The average Bonchev–Trinajstić information content (AvgIpc) is 3.14. The summed E-state index contributed by atoms with van der Waals surface area (Å²) < 4.78 is 42.3. The van der Waals surface area contributed by atoms with Crippen molar-refractivity contribution in [3.05, 3.63) is 74.8 Å². The zero-order chi connectivity index (χ0) is 22.8. The van der Waals surface area contributed by atoms with Gasteiger partial charge in [0.25, 0.3) is 5.91 Å². The molecule has 0 saturated heterocycles. The smallest absolute Gasteiger partial charge is 0.352 e. The van der Waals surface area contributed by atoms with E-state index >= 15 is 0 Å². The van der Waals surface area contributed by atoms with E-state index < -0.39 is 11.8 Å². The number of unbranched alkanes of at least 4 members (excludes halogenated alkanes) is 1. The summed E-state index contributed by atoms with van der Waals surface area (Å²) >= 11 is 11.8. The van der Waals surface area contributed by atoms with Crippen LogP contribution in [0.1, 0.15) is 46.8 Å². The van der Waals surface area contributed by atoms with Gasteiger partial charge in [0.1, 0.15) is 0 Å². The second-order valence-electron chi connectivity index (χ2n) is 7.29. The summed E-state index contributed by atoms with van der Waals surface area (Å²) in [5, 5.41) is 2.95. The predicted molar refractivity (Wildman–Crippen MR) is 115 cm³/mol. The number of hydroxylamine groups is 1. The molecule has 2 aromatic rings. The number of rotatable bonds is 6. The van der Waals surface area contributed by atoms with Crippen LogP contribution in [-0.2, 0) is 10.4 Å². The van der Waals surface area contributed by atoms with Crippen molar-refractivity contribution in [3.63, 3.8) is 0 Å². The molecule has 0 aliphatic carbocycles. The van der Waals surface area contributed by atoms with E-state index in [4.69, 9.17) is 28.0 Å². The van der Waals surface area contributed by atoms with Crippen LogP contribution in [0.2, 0.25) is 10.0 Å². The lowest BCUT2D eigenvalue weighted by molar-refractivity contribution is -0.269. The van der Waals surface area contributed by atoms with Crippen LogP contribution in [0.5, 0.6) is 0 Å². The van der Waals surface area contributed by atoms with Crippen molar-refractivity contribution in [1.82, 2.24) is 10.8 Å². The first-order valence-corrected chi connectivity index (χ1v) is 10.4. The summed E-state index contributed by atoms with van der Waals surface area (Å²) in [7, 11) is 0. The van der Waals surface area contributed by atoms with E-state index in [1.54, 1.807) is 25.1 Å². The molecule has 31 heavy (non-hydrogen) atoms. The largest absolute Gasteiger partial charge is 0.428 e. The molecule has 1 unspecified atom stereocenters. The summed E-state index contributed by atoms with van der Waals surface area (Å²) in [5.41, 5.74) is 1.03. The van der Waals surface area contributed by atoms with Crippen molar-refractivity contribution in [2.24, 2.45) is 0 Å². The highest BCUT2D eigenvalue weighted by atomic mass is 35.5. The maximum Gasteiger partial charge on any atom is 0.428 e. The van der Waals surface area contributed by atoms with E-state index in [0.29, 0.717) is 23.2 Å². The highest BCUT2D eigenvalue weighted by molar-refractivity contribution is 6.34. The van der Waals surface area contributed by atoms with Gasteiger partial charge >= 0.3 is 6.18 Å². The number of alkyl halides is 3. The van der Waals surface area contributed by atoms with Gasteiger partial charge < -0.3 is 5.32 Å². The van der Waals surface area contributed by atoms with Crippen LogP contribution >= 0.6 is 23.2 Å². The van der Waals surface area contributed by atoms with Crippen LogP contribution in [0.25, 0.3) is 5.70 Å². The van der Waals surface area contributed by atoms with E-state index in [2.05, 4.69) is 10.8 Å². The summed E-state index contributed by atoms with van der Waals surface area (Å²) in [5.74, 6) is -0.222. The number of nitrogens with one attached hydrogen (secondary N) is 2. The Morgan fingerprint density at radius 1 is 1.16 bits per heavy atom. The quantitative estimate of drug-likeness (QED) is 0.494. The van der Waals surface area contributed by atoms with Crippen molar-refractivity contribution in [2.75, 3.05) is 6.54 Å². The molecule has 0 fully saturated rings. The van der Waals surface area contributed by atoms with Crippen molar-refractivity contribution in [3.8, 4) is 0 Å². The van der Waals surface area contributed by atoms with E-state index in [0.717, 1.165) is 31.1 Å². The molecule has 2 N–H and O–H groups in total. The summed E-state index contributed by atoms with van der Waals surface area (Å²) in [6, 6.07) is 8.46. The van der Waals surface area contributed by atoms with Crippen LogP contribution in [0.3, 0.4) is 0 Å². The van der Waals surface area contributed by atoms with Gasteiger partial charge in [0.2, 0.25) is 5.60 Å². The fourth-order valence-electron chi connectivity index (χ4n) is 3.31. The molecule has 4 nitrogen and oxygen atoms in total. The zero-order valence-corrected chi connectivity index (χ0v) is 18.4. The molecule has 3 rings (SSSR count). The Balaban J connectivity index is 1.96. The Morgan fingerprint density at radius 2 is 1.84 bits per heavy atom. The summed E-state index contributed by atoms with van der Waals surface area (Å²) in [6.07, 6.45) is -2.02. The lowest BCUT2D eigenvalue weighted by Gasteiger charge is -2.28. The SMILES string of the molecule is CCCCNC(=O)c1ccc(C2=CC(c3cc(Cl)cc(Cl)c3)(C(F)(F)F)ON2)cc1C. The van der Waals surface area contributed by atoms with Gasteiger partial charge in [-0.3, -0.25) is 15.1 Å². The molecular weight excluding hydrogens is 452 g/mol. The Labute approximate surface area is 188 Å². The lowest BCUT2D eigenvalue weighted by atomic mass is 9.91. The van der Waals surface area contributed by atoms with Gasteiger partial charge in [-0.1, -0.05) is 42.6 Å². The zero-order valence-electron chi connectivity index (χ0n) is 16.9. The molecule has 0 spiro atoms. The molecular formula is C22H21Cl2F3N2O2. The predicted octanol–water partition coefficient (Wildman–Crippen LogP) is 6.17. The fraction of sp³-hybridized carbons (Fsp3) is 0.318. The number of amides is 1. The summed E-state index contributed by atoms with van der Waals surface area (Å²) in [6.45, 7) is 4.31. The molecule has 0 radical (unpaired) electrons. The molecule has 1 aliphatic rings. The molecule has 1 atom stereocenters. The lowest BCUT2D eigenvalue weighted by Crippen LogP contribution is -2.42. The van der Waals surface area contributed by atoms with Gasteiger partial charge in [-0.05, 0) is 60.9 Å². The van der Waals surface area contributed by atoms with E-state index in [-0.39, 0.29) is 27.2 Å². The third-order valence-electron chi connectivity index (χ3n) is 4.98. The molecule has 0 aromatic heterocycles. The van der Waals surface area contributed by atoms with Crippen molar-refractivity contribution < 1.29 is 22.8 Å². The highest BCUT2D eigenvalue weighted by Gasteiger charge is 2.59. The number of halogens is 5. The molecule has 1 heterocycles. The number of carbonyl (C=O) groups excluding carboxylic acids is 1. The van der Waals surface area contributed by atoms with Gasteiger partial charge in [0, 0.05) is 27.7 Å². The first-order chi connectivity index (χ1) is 14.6. The minimum atomic E-state index is -4.79. The second kappa shape index (κ2) is 9.10. The number of hydrogen-bond acceptors (Lipinski definition) is 3. The molecule has 166 valence electrons. The Morgan fingerprint density at radius 3 is 2.42 bits per heavy atom. The number of carbonyl (C=O) groups is 1. The molecule has 9 heteroatoms. The number of hydrogen-bond donors (Lipinski definition) is 2. The van der Waals surface area contributed by atoms with Crippen LogP contribution in [-0.4, -0.2) is 18.6 Å². The van der Waals surface area contributed by atoms with Crippen LogP contribution < -0.4 is 10.8 Å². The third-order valence-corrected chi connectivity index (χ3v) is 5.42. The highest BCUT2D eigenvalue weighted by Crippen LogP contribution is 2.48. The third kappa shape index (κ3) is 4.84. The first kappa shape index (κ1) is 23.4. The molecule has 0 bridgehead atoms. The summed E-state index contributed by atoms with van der Waals surface area (Å²) in [4.78, 5) is 17.4. The van der Waals surface area contributed by atoms with Gasteiger partial charge in [0.05, 0.1) is 5.70 Å². The second-order valence-corrected chi connectivity index (χ2v) is 8.17. The minimum Gasteiger partial charge on any atom is -0.352 e. The van der Waals surface area contributed by atoms with Crippen molar-refractivity contribution >= 4 is 34.8 Å². The van der Waals surface area contributed by atoms with Crippen LogP contribution in [0, 0.1) is 6.92 Å². The Kier molecular flexibility index (Phi) is 6.88. The van der Waals surface area contributed by atoms with Crippen molar-refractivity contribution in [2.45, 2.75) is 38.5 Å². The average molecular weight is 473 g/mol. The first-order valence-electron chi connectivity index (χ1n) is 9.67. The van der Waals surface area contributed by atoms with Crippen LogP contribution in [0.15, 0.2) is 42.5 Å². The van der Waals surface area contributed by atoms with Gasteiger partial charge in [-0.2, -0.15) is 13.2 Å². The van der Waals surface area contributed by atoms with Gasteiger partial charge in [-0.15, -0.1) is 0 Å². The molecule has 1 amide bonds. The van der Waals surface area contributed by atoms with Gasteiger partial charge in [-0.25, -0.2) is 0 Å². The Bertz CT molecular complexity index is 1000. The van der Waals surface area contributed by atoms with Crippen LogP contribution in [0.4, 0.5) is 13.2 Å². The molecule has 1 aliphatic heterocycles. The topological polar surface area (TPSA) is 50.4 Å². The normalized spacial score (nSPS) is 18.5. The monoisotopic (exact) mass is 472 g/mol. The number of benzene rings is 2. The maximum absolute atomic E-state index is 14.1. The molecule has 0 saturated carbocycles.